The molecule has 2 aromatic carbocycles. The van der Waals surface area contributed by atoms with Crippen molar-refractivity contribution < 1.29 is 14.4 Å². The summed E-state index contributed by atoms with van der Waals surface area (Å²) in [6.07, 6.45) is 0.469. The van der Waals surface area contributed by atoms with E-state index in [-0.39, 0.29) is 5.75 Å². The normalized spacial score (nSPS) is 10.5. The zero-order valence-corrected chi connectivity index (χ0v) is 11.5. The molecule has 106 valence electrons. The van der Waals surface area contributed by atoms with Crippen molar-refractivity contribution in [1.29, 1.82) is 0 Å². The minimum absolute atomic E-state index is 0.219. The van der Waals surface area contributed by atoms with E-state index in [9.17, 15) is 5.11 Å². The quantitative estimate of drug-likeness (QED) is 0.796. The maximum atomic E-state index is 9.46. The standard InChI is InChI=1S/C16H14N2O3/c1-20-14-8-3-2-7-13(14)16-17-15(21-18-16)10-11-5-4-6-12(19)9-11/h2-9,19H,10H2,1H3. The van der Waals surface area contributed by atoms with E-state index in [0.717, 1.165) is 11.1 Å². The molecule has 3 rings (SSSR count). The van der Waals surface area contributed by atoms with Gasteiger partial charge in [-0.05, 0) is 29.8 Å². The summed E-state index contributed by atoms with van der Waals surface area (Å²) in [5, 5.41) is 13.4. The molecule has 0 atom stereocenters. The van der Waals surface area contributed by atoms with E-state index in [1.165, 1.54) is 0 Å². The molecule has 5 heteroatoms. The first-order chi connectivity index (χ1) is 10.3. The van der Waals surface area contributed by atoms with Crippen molar-refractivity contribution in [1.82, 2.24) is 10.1 Å². The fourth-order valence-electron chi connectivity index (χ4n) is 2.11. The van der Waals surface area contributed by atoms with Gasteiger partial charge in [-0.1, -0.05) is 29.4 Å². The van der Waals surface area contributed by atoms with E-state index >= 15 is 0 Å². The number of para-hydroxylation sites is 1. The topological polar surface area (TPSA) is 68.4 Å². The highest BCUT2D eigenvalue weighted by Gasteiger charge is 2.13. The summed E-state index contributed by atoms with van der Waals surface area (Å²) in [5.41, 5.74) is 1.69. The van der Waals surface area contributed by atoms with Crippen LogP contribution >= 0.6 is 0 Å². The van der Waals surface area contributed by atoms with Crippen molar-refractivity contribution in [3.63, 3.8) is 0 Å². The van der Waals surface area contributed by atoms with Crippen molar-refractivity contribution in [2.75, 3.05) is 7.11 Å². The van der Waals surface area contributed by atoms with Gasteiger partial charge in [0.15, 0.2) is 0 Å². The first-order valence-electron chi connectivity index (χ1n) is 6.50. The second kappa shape index (κ2) is 5.66. The van der Waals surface area contributed by atoms with Gasteiger partial charge in [0, 0.05) is 0 Å². The smallest absolute Gasteiger partial charge is 0.231 e. The summed E-state index contributed by atoms with van der Waals surface area (Å²) in [5.74, 6) is 1.89. The van der Waals surface area contributed by atoms with Gasteiger partial charge in [0.1, 0.15) is 11.5 Å². The molecule has 0 fully saturated rings. The van der Waals surface area contributed by atoms with Crippen LogP contribution in [0.15, 0.2) is 53.1 Å². The first kappa shape index (κ1) is 13.2. The monoisotopic (exact) mass is 282 g/mol. The van der Waals surface area contributed by atoms with E-state index in [0.29, 0.717) is 23.9 Å². The number of aromatic nitrogens is 2. The number of hydrogen-bond donors (Lipinski definition) is 1. The SMILES string of the molecule is COc1ccccc1-c1noc(Cc2cccc(O)c2)n1. The second-order valence-corrected chi connectivity index (χ2v) is 4.56. The third-order valence-corrected chi connectivity index (χ3v) is 3.08. The predicted molar refractivity (Wildman–Crippen MR) is 77.2 cm³/mol. The molecule has 0 unspecified atom stereocenters. The van der Waals surface area contributed by atoms with Gasteiger partial charge in [-0.25, -0.2) is 0 Å². The molecule has 5 nitrogen and oxygen atoms in total. The Hall–Kier alpha value is -2.82. The minimum atomic E-state index is 0.219. The summed E-state index contributed by atoms with van der Waals surface area (Å²) in [7, 11) is 1.60. The van der Waals surface area contributed by atoms with E-state index in [1.54, 1.807) is 25.3 Å². The Morgan fingerprint density at radius 2 is 2.00 bits per heavy atom. The molecule has 0 saturated carbocycles. The molecule has 3 aromatic rings. The van der Waals surface area contributed by atoms with E-state index in [1.807, 2.05) is 30.3 Å². The van der Waals surface area contributed by atoms with Crippen LogP contribution in [-0.4, -0.2) is 22.4 Å². The Morgan fingerprint density at radius 3 is 2.81 bits per heavy atom. The van der Waals surface area contributed by atoms with E-state index in [2.05, 4.69) is 10.1 Å². The largest absolute Gasteiger partial charge is 0.508 e. The van der Waals surface area contributed by atoms with Gasteiger partial charge in [-0.3, -0.25) is 0 Å². The molecule has 21 heavy (non-hydrogen) atoms. The van der Waals surface area contributed by atoms with Crippen LogP contribution in [0.5, 0.6) is 11.5 Å². The highest BCUT2D eigenvalue weighted by atomic mass is 16.5. The molecule has 1 aromatic heterocycles. The molecular formula is C16H14N2O3. The van der Waals surface area contributed by atoms with Crippen LogP contribution in [0.1, 0.15) is 11.5 Å². The van der Waals surface area contributed by atoms with E-state index in [4.69, 9.17) is 9.26 Å². The second-order valence-electron chi connectivity index (χ2n) is 4.56. The molecule has 1 heterocycles. The maximum Gasteiger partial charge on any atom is 0.231 e. The summed E-state index contributed by atoms with van der Waals surface area (Å²) < 4.78 is 10.6. The average Bonchev–Trinajstić information content (AvgIpc) is 2.95. The highest BCUT2D eigenvalue weighted by molar-refractivity contribution is 5.63. The van der Waals surface area contributed by atoms with Crippen LogP contribution in [0.3, 0.4) is 0 Å². The van der Waals surface area contributed by atoms with Crippen molar-refractivity contribution in [3.05, 3.63) is 60.0 Å². The van der Waals surface area contributed by atoms with Gasteiger partial charge in [-0.15, -0.1) is 0 Å². The lowest BCUT2D eigenvalue weighted by atomic mass is 10.1. The Morgan fingerprint density at radius 1 is 1.14 bits per heavy atom. The summed E-state index contributed by atoms with van der Waals surface area (Å²) in [6.45, 7) is 0. The van der Waals surface area contributed by atoms with Gasteiger partial charge in [0.2, 0.25) is 11.7 Å². The zero-order chi connectivity index (χ0) is 14.7. The molecule has 0 aliphatic rings. The highest BCUT2D eigenvalue weighted by Crippen LogP contribution is 2.27. The number of hydrogen-bond acceptors (Lipinski definition) is 5. The number of nitrogens with zero attached hydrogens (tertiary/aromatic N) is 2. The van der Waals surface area contributed by atoms with E-state index < -0.39 is 0 Å². The Labute approximate surface area is 121 Å². The van der Waals surface area contributed by atoms with Crippen LogP contribution in [-0.2, 0) is 6.42 Å². The third kappa shape index (κ3) is 2.86. The first-order valence-corrected chi connectivity index (χ1v) is 6.50. The minimum Gasteiger partial charge on any atom is -0.508 e. The van der Waals surface area contributed by atoms with Crippen LogP contribution in [0, 0.1) is 0 Å². The Balaban J connectivity index is 1.86. The van der Waals surface area contributed by atoms with Crippen molar-refractivity contribution in [3.8, 4) is 22.9 Å². The van der Waals surface area contributed by atoms with Crippen molar-refractivity contribution >= 4 is 0 Å². The lowest BCUT2D eigenvalue weighted by Crippen LogP contribution is -1.90. The van der Waals surface area contributed by atoms with Crippen LogP contribution in [0.2, 0.25) is 0 Å². The average molecular weight is 282 g/mol. The molecule has 0 spiro atoms. The van der Waals surface area contributed by atoms with Crippen molar-refractivity contribution in [2.24, 2.45) is 0 Å². The third-order valence-electron chi connectivity index (χ3n) is 3.08. The molecule has 0 saturated heterocycles. The summed E-state index contributed by atoms with van der Waals surface area (Å²) >= 11 is 0. The number of ether oxygens (including phenoxy) is 1. The van der Waals surface area contributed by atoms with Gasteiger partial charge < -0.3 is 14.4 Å². The number of aromatic hydroxyl groups is 1. The Kier molecular flexibility index (Phi) is 3.55. The number of benzene rings is 2. The molecular weight excluding hydrogens is 268 g/mol. The lowest BCUT2D eigenvalue weighted by Gasteiger charge is -2.03. The summed E-state index contributed by atoms with van der Waals surface area (Å²) in [6, 6.07) is 14.5. The Bertz CT molecular complexity index is 753. The summed E-state index contributed by atoms with van der Waals surface area (Å²) in [4.78, 5) is 4.37. The fourth-order valence-corrected chi connectivity index (χ4v) is 2.11. The van der Waals surface area contributed by atoms with Crippen molar-refractivity contribution in [2.45, 2.75) is 6.42 Å². The molecule has 0 aliphatic carbocycles. The number of phenols is 1. The van der Waals surface area contributed by atoms with Crippen LogP contribution in [0.4, 0.5) is 0 Å². The molecule has 0 radical (unpaired) electrons. The molecule has 0 bridgehead atoms. The van der Waals surface area contributed by atoms with Gasteiger partial charge >= 0.3 is 0 Å². The van der Waals surface area contributed by atoms with Gasteiger partial charge in [-0.2, -0.15) is 4.98 Å². The lowest BCUT2D eigenvalue weighted by molar-refractivity contribution is 0.384. The number of phenolic OH excluding ortho intramolecular Hbond substituents is 1. The zero-order valence-electron chi connectivity index (χ0n) is 11.5. The molecule has 1 N–H and O–H groups in total. The van der Waals surface area contributed by atoms with Gasteiger partial charge in [0.25, 0.3) is 0 Å². The van der Waals surface area contributed by atoms with Crippen LogP contribution < -0.4 is 4.74 Å². The van der Waals surface area contributed by atoms with Gasteiger partial charge in [0.05, 0.1) is 19.1 Å². The fraction of sp³-hybridized carbons (Fsp3) is 0.125. The maximum absolute atomic E-state index is 9.46. The predicted octanol–water partition coefficient (Wildman–Crippen LogP) is 3.04. The molecule has 0 aliphatic heterocycles. The molecule has 0 amide bonds. The van der Waals surface area contributed by atoms with Crippen LogP contribution in [0.25, 0.3) is 11.4 Å². The number of methoxy groups -OCH3 is 1. The number of rotatable bonds is 4.